The molecular formula is C12H13Cl2NO2. The first-order valence-electron chi connectivity index (χ1n) is 5.03. The second-order valence-corrected chi connectivity index (χ2v) is 4.19. The van der Waals surface area contributed by atoms with E-state index in [1.54, 1.807) is 18.2 Å². The molecule has 0 aliphatic heterocycles. The normalized spacial score (nSPS) is 11.9. The van der Waals surface area contributed by atoms with Crippen LogP contribution in [0.2, 0.25) is 10.0 Å². The van der Waals surface area contributed by atoms with Crippen LogP contribution in [0, 0.1) is 12.3 Å². The summed E-state index contributed by atoms with van der Waals surface area (Å²) in [4.78, 5) is 0. The standard InChI is InChI=1S/C12H13Cl2NO2/c1-2-5-15-7-9(16)8-17-10-3-4-11(13)12(14)6-10/h1,3-4,6,9,15-16H,5,7-8H2. The lowest BCUT2D eigenvalue weighted by molar-refractivity contribution is 0.107. The number of halogens is 2. The van der Waals surface area contributed by atoms with Crippen LogP contribution in [-0.4, -0.2) is 30.9 Å². The van der Waals surface area contributed by atoms with Crippen LogP contribution >= 0.6 is 23.2 Å². The van der Waals surface area contributed by atoms with E-state index in [0.717, 1.165) is 0 Å². The van der Waals surface area contributed by atoms with Crippen LogP contribution in [0.15, 0.2) is 18.2 Å². The lowest BCUT2D eigenvalue weighted by Gasteiger charge is -2.12. The minimum absolute atomic E-state index is 0.162. The Kier molecular flexibility index (Phi) is 6.17. The van der Waals surface area contributed by atoms with Crippen molar-refractivity contribution in [3.63, 3.8) is 0 Å². The fourth-order valence-electron chi connectivity index (χ4n) is 1.13. The van der Waals surface area contributed by atoms with E-state index in [2.05, 4.69) is 11.2 Å². The third kappa shape index (κ3) is 5.29. The molecule has 3 nitrogen and oxygen atoms in total. The minimum atomic E-state index is -0.627. The molecule has 17 heavy (non-hydrogen) atoms. The fourth-order valence-corrected chi connectivity index (χ4v) is 1.42. The Morgan fingerprint density at radius 1 is 1.41 bits per heavy atom. The average Bonchev–Trinajstić information content (AvgIpc) is 2.31. The monoisotopic (exact) mass is 273 g/mol. The van der Waals surface area contributed by atoms with Crippen molar-refractivity contribution in [3.05, 3.63) is 28.2 Å². The molecule has 0 aromatic heterocycles. The largest absolute Gasteiger partial charge is 0.491 e. The second-order valence-electron chi connectivity index (χ2n) is 3.38. The maximum atomic E-state index is 9.55. The van der Waals surface area contributed by atoms with Crippen molar-refractivity contribution in [3.8, 4) is 18.1 Å². The van der Waals surface area contributed by atoms with Crippen LogP contribution in [0.5, 0.6) is 5.75 Å². The van der Waals surface area contributed by atoms with Gasteiger partial charge in [0.25, 0.3) is 0 Å². The van der Waals surface area contributed by atoms with Crippen molar-refractivity contribution in [2.45, 2.75) is 6.10 Å². The Morgan fingerprint density at radius 3 is 2.82 bits per heavy atom. The highest BCUT2D eigenvalue weighted by molar-refractivity contribution is 6.42. The molecule has 0 heterocycles. The lowest BCUT2D eigenvalue weighted by atomic mass is 10.3. The Bertz CT molecular complexity index is 404. The van der Waals surface area contributed by atoms with Gasteiger partial charge < -0.3 is 15.2 Å². The summed E-state index contributed by atoms with van der Waals surface area (Å²) in [5.74, 6) is 2.98. The number of rotatable bonds is 6. The highest BCUT2D eigenvalue weighted by Crippen LogP contribution is 2.26. The molecule has 0 amide bonds. The molecule has 0 saturated heterocycles. The van der Waals surface area contributed by atoms with Gasteiger partial charge >= 0.3 is 0 Å². The topological polar surface area (TPSA) is 41.5 Å². The molecule has 1 aromatic rings. The van der Waals surface area contributed by atoms with Crippen LogP contribution in [-0.2, 0) is 0 Å². The van der Waals surface area contributed by atoms with Crippen molar-refractivity contribution < 1.29 is 9.84 Å². The van der Waals surface area contributed by atoms with Crippen LogP contribution in [0.4, 0.5) is 0 Å². The summed E-state index contributed by atoms with van der Waals surface area (Å²) in [6.07, 6.45) is 4.43. The number of ether oxygens (including phenoxy) is 1. The average molecular weight is 274 g/mol. The summed E-state index contributed by atoms with van der Waals surface area (Å²) < 4.78 is 5.35. The second kappa shape index (κ2) is 7.41. The van der Waals surface area contributed by atoms with Crippen molar-refractivity contribution in [2.75, 3.05) is 19.7 Å². The molecule has 92 valence electrons. The van der Waals surface area contributed by atoms with E-state index in [0.29, 0.717) is 28.9 Å². The SMILES string of the molecule is C#CCNCC(O)COc1ccc(Cl)c(Cl)c1. The summed E-state index contributed by atoms with van der Waals surface area (Å²) in [6.45, 7) is 0.963. The number of hydrogen-bond donors (Lipinski definition) is 2. The molecule has 2 N–H and O–H groups in total. The van der Waals surface area contributed by atoms with Crippen molar-refractivity contribution in [2.24, 2.45) is 0 Å². The molecular weight excluding hydrogens is 261 g/mol. The summed E-state index contributed by atoms with van der Waals surface area (Å²) in [7, 11) is 0. The van der Waals surface area contributed by atoms with Crippen LogP contribution in [0.25, 0.3) is 0 Å². The van der Waals surface area contributed by atoms with Gasteiger partial charge in [-0.2, -0.15) is 0 Å². The van der Waals surface area contributed by atoms with Gasteiger partial charge in [0.2, 0.25) is 0 Å². The Labute approximate surface area is 111 Å². The van der Waals surface area contributed by atoms with E-state index < -0.39 is 6.10 Å². The number of benzene rings is 1. The van der Waals surface area contributed by atoms with Gasteiger partial charge in [-0.05, 0) is 12.1 Å². The third-order valence-corrected chi connectivity index (χ3v) is 2.68. The molecule has 5 heteroatoms. The molecule has 0 radical (unpaired) electrons. The summed E-state index contributed by atoms with van der Waals surface area (Å²) in [6, 6.07) is 4.93. The maximum Gasteiger partial charge on any atom is 0.121 e. The van der Waals surface area contributed by atoms with Crippen LogP contribution in [0.3, 0.4) is 0 Å². The van der Waals surface area contributed by atoms with Gasteiger partial charge in [-0.1, -0.05) is 29.1 Å². The summed E-state index contributed by atoms with van der Waals surface area (Å²) in [5.41, 5.74) is 0. The zero-order valence-electron chi connectivity index (χ0n) is 9.12. The van der Waals surface area contributed by atoms with Gasteiger partial charge in [-0.3, -0.25) is 0 Å². The number of hydrogen-bond acceptors (Lipinski definition) is 3. The van der Waals surface area contributed by atoms with Gasteiger partial charge in [-0.25, -0.2) is 0 Å². The van der Waals surface area contributed by atoms with E-state index in [1.807, 2.05) is 0 Å². The number of nitrogens with one attached hydrogen (secondary N) is 1. The molecule has 1 unspecified atom stereocenters. The molecule has 0 aliphatic carbocycles. The van der Waals surface area contributed by atoms with Crippen LogP contribution in [0.1, 0.15) is 0 Å². The van der Waals surface area contributed by atoms with Gasteiger partial charge in [0, 0.05) is 12.6 Å². The Balaban J connectivity index is 2.34. The molecule has 1 rings (SSSR count). The van der Waals surface area contributed by atoms with Gasteiger partial charge in [0.05, 0.1) is 16.6 Å². The summed E-state index contributed by atoms with van der Waals surface area (Å²) in [5, 5.41) is 13.3. The first-order valence-corrected chi connectivity index (χ1v) is 5.79. The number of aliphatic hydroxyl groups excluding tert-OH is 1. The molecule has 0 spiro atoms. The quantitative estimate of drug-likeness (QED) is 0.615. The predicted molar refractivity (Wildman–Crippen MR) is 69.7 cm³/mol. The summed E-state index contributed by atoms with van der Waals surface area (Å²) >= 11 is 11.6. The lowest BCUT2D eigenvalue weighted by Crippen LogP contribution is -2.31. The highest BCUT2D eigenvalue weighted by atomic mass is 35.5. The molecule has 0 fully saturated rings. The molecule has 1 aromatic carbocycles. The minimum Gasteiger partial charge on any atom is -0.491 e. The van der Waals surface area contributed by atoms with E-state index in [9.17, 15) is 5.11 Å². The van der Waals surface area contributed by atoms with Gasteiger partial charge in [0.1, 0.15) is 18.5 Å². The highest BCUT2D eigenvalue weighted by Gasteiger charge is 2.05. The zero-order valence-corrected chi connectivity index (χ0v) is 10.6. The number of aliphatic hydroxyl groups is 1. The smallest absolute Gasteiger partial charge is 0.121 e. The Morgan fingerprint density at radius 2 is 2.18 bits per heavy atom. The zero-order chi connectivity index (χ0) is 12.7. The fraction of sp³-hybridized carbons (Fsp3) is 0.333. The van der Waals surface area contributed by atoms with Crippen molar-refractivity contribution in [1.82, 2.24) is 5.32 Å². The maximum absolute atomic E-state index is 9.55. The van der Waals surface area contributed by atoms with E-state index in [4.69, 9.17) is 34.4 Å². The molecule has 1 atom stereocenters. The van der Waals surface area contributed by atoms with Crippen molar-refractivity contribution >= 4 is 23.2 Å². The van der Waals surface area contributed by atoms with Crippen molar-refractivity contribution in [1.29, 1.82) is 0 Å². The first-order chi connectivity index (χ1) is 8.13. The van der Waals surface area contributed by atoms with Gasteiger partial charge in [0.15, 0.2) is 0 Å². The van der Waals surface area contributed by atoms with E-state index >= 15 is 0 Å². The predicted octanol–water partition coefficient (Wildman–Crippen LogP) is 1.96. The molecule has 0 aliphatic rings. The molecule has 0 saturated carbocycles. The molecule has 0 bridgehead atoms. The van der Waals surface area contributed by atoms with E-state index in [1.165, 1.54) is 0 Å². The van der Waals surface area contributed by atoms with Gasteiger partial charge in [-0.15, -0.1) is 6.42 Å². The van der Waals surface area contributed by atoms with Crippen LogP contribution < -0.4 is 10.1 Å². The Hall–Kier alpha value is -0.920. The number of terminal acetylenes is 1. The van der Waals surface area contributed by atoms with E-state index in [-0.39, 0.29) is 6.61 Å². The first kappa shape index (κ1) is 14.1. The third-order valence-electron chi connectivity index (χ3n) is 1.94.